The lowest BCUT2D eigenvalue weighted by Gasteiger charge is -2.04. The molecule has 2 aromatic rings. The minimum absolute atomic E-state index is 0.145. The number of rotatable bonds is 2. The molecule has 0 aromatic heterocycles. The van der Waals surface area contributed by atoms with Crippen molar-refractivity contribution in [3.63, 3.8) is 0 Å². The molecule has 0 bridgehead atoms. The number of carbonyl (C=O) groups is 1. The van der Waals surface area contributed by atoms with Crippen LogP contribution in [0.25, 0.3) is 6.08 Å². The number of carbonyl (C=O) groups excluding carboxylic acids is 1. The maximum absolute atomic E-state index is 12.2. The highest BCUT2D eigenvalue weighted by atomic mass is 35.5. The lowest BCUT2D eigenvalue weighted by molar-refractivity contribution is -0.115. The van der Waals surface area contributed by atoms with E-state index in [-0.39, 0.29) is 12.7 Å². The monoisotopic (exact) mass is 358 g/mol. The Hall–Kier alpha value is -2.44. The molecule has 2 aromatic carbocycles. The Morgan fingerprint density at radius 2 is 2.00 bits per heavy atom. The molecule has 1 amide bonds. The zero-order chi connectivity index (χ0) is 16.5. The minimum atomic E-state index is -0.220. The van der Waals surface area contributed by atoms with E-state index in [2.05, 4.69) is 10.3 Å². The Balaban J connectivity index is 1.66. The first-order valence-corrected chi connectivity index (χ1v) is 8.33. The van der Waals surface area contributed by atoms with E-state index in [1.807, 2.05) is 30.3 Å². The van der Waals surface area contributed by atoms with Crippen LogP contribution in [0.1, 0.15) is 5.56 Å². The predicted octanol–water partition coefficient (Wildman–Crippen LogP) is 3.96. The number of benzene rings is 2. The highest BCUT2D eigenvalue weighted by Crippen LogP contribution is 2.42. The zero-order valence-corrected chi connectivity index (χ0v) is 13.9. The number of hydrogen-bond acceptors (Lipinski definition) is 5. The number of nitrogens with one attached hydrogen (secondary N) is 1. The van der Waals surface area contributed by atoms with Gasteiger partial charge in [-0.2, -0.15) is 0 Å². The first-order valence-electron chi connectivity index (χ1n) is 7.13. The van der Waals surface area contributed by atoms with Crippen LogP contribution in [0.2, 0.25) is 5.02 Å². The maximum atomic E-state index is 12.2. The van der Waals surface area contributed by atoms with E-state index in [1.54, 1.807) is 18.2 Å². The number of amides is 1. The zero-order valence-electron chi connectivity index (χ0n) is 12.3. The van der Waals surface area contributed by atoms with Crippen molar-refractivity contribution in [2.75, 3.05) is 6.79 Å². The number of ether oxygens (including phenoxy) is 2. The van der Waals surface area contributed by atoms with Gasteiger partial charge in [-0.25, -0.2) is 4.99 Å². The first-order chi connectivity index (χ1) is 11.7. The van der Waals surface area contributed by atoms with Crippen LogP contribution >= 0.6 is 23.4 Å². The average molecular weight is 359 g/mol. The van der Waals surface area contributed by atoms with Crippen LogP contribution in [0.4, 0.5) is 5.69 Å². The van der Waals surface area contributed by atoms with Crippen molar-refractivity contribution < 1.29 is 14.3 Å². The molecular weight excluding hydrogens is 348 g/mol. The van der Waals surface area contributed by atoms with Gasteiger partial charge in [-0.3, -0.25) is 4.79 Å². The molecule has 2 heterocycles. The van der Waals surface area contributed by atoms with Gasteiger partial charge < -0.3 is 14.8 Å². The number of amidine groups is 1. The van der Waals surface area contributed by atoms with Crippen molar-refractivity contribution >= 4 is 46.2 Å². The Labute approximate surface area is 147 Å². The van der Waals surface area contributed by atoms with Crippen LogP contribution in [-0.4, -0.2) is 17.9 Å². The first kappa shape index (κ1) is 15.1. The normalized spacial score (nSPS) is 19.1. The molecule has 0 atom stereocenters. The van der Waals surface area contributed by atoms with Crippen LogP contribution in [0.3, 0.4) is 0 Å². The number of aliphatic imine (C=N–C) groups is 1. The molecule has 1 N–H and O–H groups in total. The molecule has 0 radical (unpaired) electrons. The fourth-order valence-corrected chi connectivity index (χ4v) is 3.36. The lowest BCUT2D eigenvalue weighted by atomic mass is 10.1. The van der Waals surface area contributed by atoms with Gasteiger partial charge in [0.15, 0.2) is 16.7 Å². The molecule has 2 aliphatic rings. The number of fused-ring (bicyclic) bond motifs is 1. The van der Waals surface area contributed by atoms with E-state index in [0.717, 1.165) is 5.69 Å². The van der Waals surface area contributed by atoms with Crippen molar-refractivity contribution in [1.82, 2.24) is 5.32 Å². The average Bonchev–Trinajstić information content (AvgIpc) is 3.18. The molecule has 1 fully saturated rings. The third-order valence-electron chi connectivity index (χ3n) is 3.44. The molecular formula is C17H11ClN2O3S. The Morgan fingerprint density at radius 1 is 1.17 bits per heavy atom. The van der Waals surface area contributed by atoms with Crippen molar-refractivity contribution in [1.29, 1.82) is 0 Å². The second kappa shape index (κ2) is 6.22. The van der Waals surface area contributed by atoms with E-state index in [4.69, 9.17) is 21.1 Å². The number of halogens is 1. The fraction of sp³-hybridized carbons (Fsp3) is 0.0588. The molecule has 4 rings (SSSR count). The summed E-state index contributed by atoms with van der Waals surface area (Å²) in [5.74, 6) is 0.951. The molecule has 0 unspecified atom stereocenters. The third kappa shape index (κ3) is 2.86. The lowest BCUT2D eigenvalue weighted by Crippen LogP contribution is -2.19. The van der Waals surface area contributed by atoms with Gasteiger partial charge in [-0.15, -0.1) is 0 Å². The smallest absolute Gasteiger partial charge is 0.264 e. The van der Waals surface area contributed by atoms with Crippen molar-refractivity contribution in [3.8, 4) is 11.5 Å². The van der Waals surface area contributed by atoms with E-state index in [9.17, 15) is 4.79 Å². The summed E-state index contributed by atoms with van der Waals surface area (Å²) in [5, 5.41) is 3.77. The summed E-state index contributed by atoms with van der Waals surface area (Å²) in [7, 11) is 0. The van der Waals surface area contributed by atoms with Gasteiger partial charge in [0.2, 0.25) is 6.79 Å². The second-order valence-electron chi connectivity index (χ2n) is 5.01. The molecule has 24 heavy (non-hydrogen) atoms. The summed E-state index contributed by atoms with van der Waals surface area (Å²) in [5.41, 5.74) is 1.40. The van der Waals surface area contributed by atoms with Crippen molar-refractivity contribution in [2.45, 2.75) is 0 Å². The number of thioether (sulfide) groups is 1. The standard InChI is InChI=1S/C17H11ClN2O3S/c18-12-6-7-13-15(23-9-22-13)11(12)8-14-16(21)20-17(24-14)19-10-4-2-1-3-5-10/h1-8H,9H2,(H,19,20,21)/b14-8+. The van der Waals surface area contributed by atoms with Gasteiger partial charge in [-0.05, 0) is 42.1 Å². The van der Waals surface area contributed by atoms with Gasteiger partial charge in [0.05, 0.1) is 15.6 Å². The summed E-state index contributed by atoms with van der Waals surface area (Å²) in [6, 6.07) is 12.9. The summed E-state index contributed by atoms with van der Waals surface area (Å²) < 4.78 is 10.8. The quantitative estimate of drug-likeness (QED) is 0.825. The minimum Gasteiger partial charge on any atom is -0.454 e. The molecule has 7 heteroatoms. The van der Waals surface area contributed by atoms with Crippen LogP contribution in [-0.2, 0) is 4.79 Å². The van der Waals surface area contributed by atoms with Gasteiger partial charge in [-0.1, -0.05) is 29.8 Å². The highest BCUT2D eigenvalue weighted by Gasteiger charge is 2.26. The molecule has 2 aliphatic heterocycles. The topological polar surface area (TPSA) is 59.9 Å². The van der Waals surface area contributed by atoms with Crippen LogP contribution in [0.15, 0.2) is 52.4 Å². The number of nitrogens with zero attached hydrogens (tertiary/aromatic N) is 1. The molecule has 1 saturated heterocycles. The largest absolute Gasteiger partial charge is 0.454 e. The Kier molecular flexibility index (Phi) is 3.92. The molecule has 5 nitrogen and oxygen atoms in total. The van der Waals surface area contributed by atoms with Crippen molar-refractivity contribution in [2.24, 2.45) is 4.99 Å². The van der Waals surface area contributed by atoms with Crippen LogP contribution < -0.4 is 14.8 Å². The van der Waals surface area contributed by atoms with E-state index >= 15 is 0 Å². The fourth-order valence-electron chi connectivity index (χ4n) is 2.34. The second-order valence-corrected chi connectivity index (χ2v) is 6.45. The maximum Gasteiger partial charge on any atom is 0.264 e. The van der Waals surface area contributed by atoms with E-state index in [0.29, 0.717) is 32.2 Å². The summed E-state index contributed by atoms with van der Waals surface area (Å²) >= 11 is 7.51. The van der Waals surface area contributed by atoms with Crippen molar-refractivity contribution in [3.05, 3.63) is 58.0 Å². The van der Waals surface area contributed by atoms with E-state index in [1.165, 1.54) is 11.8 Å². The Morgan fingerprint density at radius 3 is 2.83 bits per heavy atom. The molecule has 0 saturated carbocycles. The molecule has 120 valence electrons. The van der Waals surface area contributed by atoms with Crippen LogP contribution in [0.5, 0.6) is 11.5 Å². The number of para-hydroxylation sites is 1. The van der Waals surface area contributed by atoms with Gasteiger partial charge in [0.1, 0.15) is 0 Å². The van der Waals surface area contributed by atoms with Crippen LogP contribution in [0, 0.1) is 0 Å². The molecule has 0 spiro atoms. The summed E-state index contributed by atoms with van der Waals surface area (Å²) in [4.78, 5) is 17.1. The summed E-state index contributed by atoms with van der Waals surface area (Å²) in [6.07, 6.45) is 1.70. The van der Waals surface area contributed by atoms with Gasteiger partial charge in [0, 0.05) is 5.56 Å². The summed E-state index contributed by atoms with van der Waals surface area (Å²) in [6.45, 7) is 0.145. The Bertz CT molecular complexity index is 881. The van der Waals surface area contributed by atoms with Gasteiger partial charge >= 0.3 is 0 Å². The predicted molar refractivity (Wildman–Crippen MR) is 94.8 cm³/mol. The van der Waals surface area contributed by atoms with E-state index < -0.39 is 0 Å². The highest BCUT2D eigenvalue weighted by molar-refractivity contribution is 8.18. The number of hydrogen-bond donors (Lipinski definition) is 1. The SMILES string of the molecule is O=C1NC(=Nc2ccccc2)S/C1=C/c1c(Cl)ccc2c1OCO2. The molecule has 0 aliphatic carbocycles. The van der Waals surface area contributed by atoms with Gasteiger partial charge in [0.25, 0.3) is 5.91 Å². The third-order valence-corrected chi connectivity index (χ3v) is 4.68.